The highest BCUT2D eigenvalue weighted by Crippen LogP contribution is 2.42. The number of nitrogens with zero attached hydrogens (tertiary/aromatic N) is 12. The fourth-order valence-electron chi connectivity index (χ4n) is 19.6. The molecule has 7 fully saturated rings. The minimum atomic E-state index is -1.40. The number of pyridine rings is 4. The van der Waals surface area contributed by atoms with Crippen molar-refractivity contribution in [3.8, 4) is 45.0 Å². The number of ether oxygens (including phenoxy) is 1. The molecule has 143 heavy (non-hydrogen) atoms. The Morgan fingerprint density at radius 2 is 0.608 bits per heavy atom. The largest absolute Gasteiger partial charge is 0.449 e. The molecule has 8 amide bonds. The van der Waals surface area contributed by atoms with Gasteiger partial charge in [-0.3, -0.25) is 38.4 Å². The van der Waals surface area contributed by atoms with E-state index in [2.05, 4.69) is 4.98 Å². The van der Waals surface area contributed by atoms with Crippen molar-refractivity contribution in [2.45, 2.75) is 219 Å². The van der Waals surface area contributed by atoms with Crippen molar-refractivity contribution in [2.75, 3.05) is 98.3 Å². The minimum absolute atomic E-state index is 0.115. The van der Waals surface area contributed by atoms with Gasteiger partial charge < -0.3 is 82.0 Å². The van der Waals surface area contributed by atoms with Gasteiger partial charge in [-0.15, -0.1) is 0 Å². The summed E-state index contributed by atoms with van der Waals surface area (Å²) in [5.41, 5.74) is 10.1. The lowest BCUT2D eigenvalue weighted by Crippen LogP contribution is -2.62. The number of aliphatic hydroxyl groups excluding tert-OH is 1. The molecule has 19 rings (SSSR count). The van der Waals surface area contributed by atoms with Gasteiger partial charge in [-0.2, -0.15) is 0 Å². The average Bonchev–Trinajstić information content (AvgIpc) is 1.77. The lowest BCUT2D eigenvalue weighted by molar-refractivity contribution is -0.165. The Morgan fingerprint density at radius 1 is 0.357 bits per heavy atom. The summed E-state index contributed by atoms with van der Waals surface area (Å²) in [7, 11) is 0. The van der Waals surface area contributed by atoms with Gasteiger partial charge in [0.15, 0.2) is 45.4 Å². The van der Waals surface area contributed by atoms with E-state index in [4.69, 9.17) is 37.4 Å². The highest BCUT2D eigenvalue weighted by Gasteiger charge is 2.49. The highest BCUT2D eigenvalue weighted by atomic mass is 19.1. The second-order valence-electron chi connectivity index (χ2n) is 41.4. The number of aliphatic hydroxyl groups is 4. The summed E-state index contributed by atoms with van der Waals surface area (Å²) in [4.78, 5) is 137. The number of rotatable bonds is 17. The first-order chi connectivity index (χ1) is 67.9. The molecule has 13 heterocycles. The number of aromatic nitrogens is 4. The molecule has 8 aromatic heterocycles. The van der Waals surface area contributed by atoms with Crippen LogP contribution in [0.4, 0.5) is 17.6 Å². The first-order valence-corrected chi connectivity index (χ1v) is 49.5. The first kappa shape index (κ1) is 103. The summed E-state index contributed by atoms with van der Waals surface area (Å²) in [5.74, 6) is -2.03. The number of hydrogen-bond acceptors (Lipinski definition) is 21. The molecule has 5 saturated heterocycles. The Kier molecular flexibility index (Phi) is 30.3. The van der Waals surface area contributed by atoms with Crippen molar-refractivity contribution in [3.05, 3.63) is 214 Å². The Morgan fingerprint density at radius 3 is 0.867 bits per heavy atom. The lowest BCUT2D eigenvalue weighted by Gasteiger charge is -2.45. The van der Waals surface area contributed by atoms with Gasteiger partial charge in [-0.1, -0.05) is 76.2 Å². The van der Waals surface area contributed by atoms with Gasteiger partial charge in [0.2, 0.25) is 0 Å². The minimum Gasteiger partial charge on any atom is -0.449 e. The standard InChI is InChI=1S/C29H36FN3O4.C28H32FN3O5.C27H30FN3O4.C26H28FN3O4/c1-17(2)21-13-22(19-7-9-20(30)10-8-19)31-23-14-25(37-26(21)23)28(36)32-11-12-33(18(3)16-32)27(35)24(34)15-29(4,5)6;1-17(2)21-14-22(19-4-6-20(29)7-5-19)30-23-15-24(37-25(21)23)26(33)31-10-11-32(18(3)16-31)27(34)28(35)8-12-36-13-9-28;1-16(2)20-13-21(18-5-7-19(28)8-6-18)29-22-14-23(35-24(20)22)25(32)30-11-12-31(17(3)15-30)26(33)27(34)9-4-10-27;1-16(2)19-14-20(17-4-6-18(27)7-5-17)28-21-15-22(34-23(19)21)24(31)29-10-12-30(13-11-29)25(32)26(33)8-3-9-26/h7-10,13-14,17-18,24,34H,11-12,15-16H2,1-6H3;4-7,14-15,17-18,35H,8-13,16H2,1-3H3;5-8,13-14,16-17,34H,4,9-12,15H2,1-3H3;4-7,14-16,33H,3,8-13H2,1-2H3/t18-,24+;18-;17-;/m000./s1. The van der Waals surface area contributed by atoms with E-state index in [9.17, 15) is 76.3 Å². The maximum Gasteiger partial charge on any atom is 0.289 e. The van der Waals surface area contributed by atoms with Crippen molar-refractivity contribution >= 4 is 91.7 Å². The second-order valence-corrected chi connectivity index (χ2v) is 41.4. The molecule has 5 aliphatic heterocycles. The predicted molar refractivity (Wildman–Crippen MR) is 530 cm³/mol. The highest BCUT2D eigenvalue weighted by molar-refractivity contribution is 6.01. The number of furan rings is 4. The topological polar surface area (TPSA) is 357 Å². The van der Waals surface area contributed by atoms with E-state index in [1.54, 1.807) is 112 Å². The first-order valence-electron chi connectivity index (χ1n) is 49.5. The van der Waals surface area contributed by atoms with Gasteiger partial charge in [-0.25, -0.2) is 37.5 Å². The molecule has 0 bridgehead atoms. The number of benzene rings is 4. The number of carbonyl (C=O) groups is 8. The summed E-state index contributed by atoms with van der Waals surface area (Å²) < 4.78 is 83.1. The van der Waals surface area contributed by atoms with E-state index < -0.39 is 22.9 Å². The van der Waals surface area contributed by atoms with Gasteiger partial charge in [0.05, 0.1) is 22.8 Å². The Labute approximate surface area is 827 Å². The van der Waals surface area contributed by atoms with Crippen LogP contribution in [-0.2, 0) is 23.9 Å². The Bertz CT molecular complexity index is 6720. The van der Waals surface area contributed by atoms with E-state index in [0.29, 0.717) is 198 Å². The molecule has 0 radical (unpaired) electrons. The predicted octanol–water partition coefficient (Wildman–Crippen LogP) is 17.5. The van der Waals surface area contributed by atoms with E-state index in [-0.39, 0.29) is 154 Å². The van der Waals surface area contributed by atoms with Crippen LogP contribution in [0.2, 0.25) is 0 Å². The zero-order chi connectivity index (χ0) is 102. The Hall–Kier alpha value is -13.1. The molecule has 0 unspecified atom stereocenters. The molecule has 756 valence electrons. The van der Waals surface area contributed by atoms with Crippen LogP contribution >= 0.6 is 0 Å². The number of halogens is 4. The summed E-state index contributed by atoms with van der Waals surface area (Å²) in [6.07, 6.45) is 3.62. The van der Waals surface area contributed by atoms with Crippen molar-refractivity contribution in [1.82, 2.24) is 59.1 Å². The average molecular weight is 1960 g/mol. The zero-order valence-electron chi connectivity index (χ0n) is 83.4. The molecular formula is C110H126F4N12O17. The van der Waals surface area contributed by atoms with Crippen LogP contribution in [0.25, 0.3) is 89.4 Å². The smallest absolute Gasteiger partial charge is 0.289 e. The van der Waals surface area contributed by atoms with Crippen molar-refractivity contribution in [1.29, 1.82) is 0 Å². The van der Waals surface area contributed by atoms with E-state index >= 15 is 0 Å². The van der Waals surface area contributed by atoms with Crippen molar-refractivity contribution in [2.24, 2.45) is 5.41 Å². The van der Waals surface area contributed by atoms with Crippen molar-refractivity contribution in [3.63, 3.8) is 0 Å². The molecule has 29 nitrogen and oxygen atoms in total. The maximum atomic E-state index is 13.4. The van der Waals surface area contributed by atoms with Gasteiger partial charge in [0.25, 0.3) is 47.3 Å². The molecule has 7 aliphatic rings. The number of hydrogen-bond donors (Lipinski definition) is 4. The van der Waals surface area contributed by atoms with Crippen LogP contribution in [0, 0.1) is 28.7 Å². The lowest BCUT2D eigenvalue weighted by atomic mass is 9.79. The van der Waals surface area contributed by atoms with Gasteiger partial charge in [0.1, 0.15) is 68.2 Å². The van der Waals surface area contributed by atoms with Crippen molar-refractivity contribution < 1.29 is 98.7 Å². The van der Waals surface area contributed by atoms with Crippen LogP contribution in [-0.4, -0.2) is 266 Å². The fraction of sp³-hybridized carbons (Fsp3) is 0.455. The third kappa shape index (κ3) is 22.3. The molecule has 12 aromatic rings. The molecular weight excluding hydrogens is 1840 g/mol. The van der Waals surface area contributed by atoms with Gasteiger partial charge in [-0.05, 0) is 216 Å². The summed E-state index contributed by atoms with van der Waals surface area (Å²) >= 11 is 0. The number of carbonyl (C=O) groups excluding carboxylic acids is 8. The normalized spacial score (nSPS) is 18.8. The van der Waals surface area contributed by atoms with Crippen LogP contribution in [0.5, 0.6) is 0 Å². The monoisotopic (exact) mass is 1960 g/mol. The Balaban J connectivity index is 0.000000137. The molecule has 4 atom stereocenters. The third-order valence-corrected chi connectivity index (χ3v) is 28.3. The van der Waals surface area contributed by atoms with E-state index in [0.717, 1.165) is 57.3 Å². The van der Waals surface area contributed by atoms with Crippen LogP contribution in [0.1, 0.15) is 243 Å². The maximum absolute atomic E-state index is 13.4. The summed E-state index contributed by atoms with van der Waals surface area (Å²) in [6, 6.07) is 38.3. The number of fused-ring (bicyclic) bond motifs is 4. The second kappa shape index (κ2) is 42.1. The molecule has 33 heteroatoms. The van der Waals surface area contributed by atoms with Crippen LogP contribution < -0.4 is 0 Å². The molecule has 4 N–H and O–H groups in total. The van der Waals surface area contributed by atoms with E-state index in [1.807, 2.05) is 121 Å². The molecule has 2 aliphatic carbocycles. The zero-order valence-corrected chi connectivity index (χ0v) is 83.4. The van der Waals surface area contributed by atoms with E-state index in [1.165, 1.54) is 48.5 Å². The van der Waals surface area contributed by atoms with Gasteiger partial charge in [0, 0.05) is 198 Å². The van der Waals surface area contributed by atoms with Crippen LogP contribution in [0.3, 0.4) is 0 Å². The van der Waals surface area contributed by atoms with Crippen LogP contribution in [0.15, 0.2) is 163 Å². The number of amides is 8. The summed E-state index contributed by atoms with van der Waals surface area (Å²) in [6.45, 7) is 33.3. The molecule has 2 saturated carbocycles. The SMILES string of the molecule is CC(C)c1cc(-c2ccc(F)cc2)nc2cc(C(=O)N3CCN(C(=O)C4(O)CCC4)CC3)oc12.CC(C)c1cc(-c2ccc(F)cc2)nc2cc(C(=O)N3CCN(C(=O)C4(O)CCC4)[C@@H](C)C3)oc12.CC(C)c1cc(-c2ccc(F)cc2)nc2cc(C(=O)N3CCN(C(=O)C4(O)CCOCC4)[C@@H](C)C3)oc12.CC(C)c1cc(-c2ccc(F)cc2)nc2cc(C(=O)N3CCN(C(=O)[C@H](O)CC(C)(C)C)[C@@H](C)C3)oc12. The fourth-order valence-corrected chi connectivity index (χ4v) is 19.6. The summed E-state index contributed by atoms with van der Waals surface area (Å²) in [5, 5.41) is 42.1. The number of piperazine rings is 4. The molecule has 0 spiro atoms. The van der Waals surface area contributed by atoms with Gasteiger partial charge >= 0.3 is 0 Å². The molecule has 4 aromatic carbocycles. The quantitative estimate of drug-likeness (QED) is 0.0615. The third-order valence-electron chi connectivity index (χ3n) is 28.3.